The van der Waals surface area contributed by atoms with Gasteiger partial charge in [0.1, 0.15) is 0 Å². The van der Waals surface area contributed by atoms with Gasteiger partial charge in [0, 0.05) is 13.1 Å². The van der Waals surface area contributed by atoms with Crippen molar-refractivity contribution < 1.29 is 19.5 Å². The fourth-order valence-electron chi connectivity index (χ4n) is 3.29. The predicted molar refractivity (Wildman–Crippen MR) is 76.5 cm³/mol. The minimum absolute atomic E-state index is 0.0122. The number of nitrogens with one attached hydrogen (secondary N) is 1. The van der Waals surface area contributed by atoms with Gasteiger partial charge in [-0.15, -0.1) is 0 Å². The Kier molecular flexibility index (Phi) is 5.59. The van der Waals surface area contributed by atoms with Gasteiger partial charge in [0.05, 0.1) is 18.4 Å². The number of carbonyl (C=O) groups is 3. The number of likely N-dealkylation sites (tertiary alicyclic amines) is 1. The van der Waals surface area contributed by atoms with Gasteiger partial charge < -0.3 is 15.3 Å². The topological polar surface area (TPSA) is 86.7 Å². The number of rotatable bonds is 4. The van der Waals surface area contributed by atoms with Gasteiger partial charge in [0.25, 0.3) is 0 Å². The quantitative estimate of drug-likeness (QED) is 0.810. The minimum atomic E-state index is -0.905. The van der Waals surface area contributed by atoms with Gasteiger partial charge in [-0.3, -0.25) is 14.4 Å². The summed E-state index contributed by atoms with van der Waals surface area (Å²) >= 11 is 0. The summed E-state index contributed by atoms with van der Waals surface area (Å²) in [6, 6.07) is 0. The van der Waals surface area contributed by atoms with Crippen LogP contribution in [0.3, 0.4) is 0 Å². The van der Waals surface area contributed by atoms with Gasteiger partial charge in [-0.1, -0.05) is 12.8 Å². The lowest BCUT2D eigenvalue weighted by Gasteiger charge is -2.29. The molecule has 2 atom stereocenters. The molecule has 2 fully saturated rings. The second-order valence-corrected chi connectivity index (χ2v) is 5.99. The van der Waals surface area contributed by atoms with Crippen LogP contribution in [0.5, 0.6) is 0 Å². The van der Waals surface area contributed by atoms with Crippen molar-refractivity contribution in [1.82, 2.24) is 10.2 Å². The molecule has 0 aromatic heterocycles. The zero-order valence-electron chi connectivity index (χ0n) is 12.3. The third-order valence-corrected chi connectivity index (χ3v) is 4.54. The average Bonchev–Trinajstić information content (AvgIpc) is 2.53. The van der Waals surface area contributed by atoms with Crippen LogP contribution in [0.4, 0.5) is 0 Å². The monoisotopic (exact) mass is 296 g/mol. The zero-order valence-corrected chi connectivity index (χ0v) is 12.3. The molecule has 118 valence electrons. The Morgan fingerprint density at radius 2 is 1.57 bits per heavy atom. The Hall–Kier alpha value is -1.59. The number of amides is 2. The first-order valence-corrected chi connectivity index (χ1v) is 7.88. The smallest absolute Gasteiger partial charge is 0.307 e. The van der Waals surface area contributed by atoms with Gasteiger partial charge in [0.2, 0.25) is 11.8 Å². The summed E-state index contributed by atoms with van der Waals surface area (Å²) in [4.78, 5) is 37.1. The maximum atomic E-state index is 12.2. The van der Waals surface area contributed by atoms with Gasteiger partial charge in [-0.05, 0) is 32.1 Å². The molecule has 1 heterocycles. The summed E-state index contributed by atoms with van der Waals surface area (Å²) in [6.45, 7) is 1.51. The zero-order chi connectivity index (χ0) is 15.2. The largest absolute Gasteiger partial charge is 0.481 e. The number of piperidine rings is 1. The second-order valence-electron chi connectivity index (χ2n) is 5.99. The molecule has 0 aromatic rings. The molecule has 1 aliphatic carbocycles. The van der Waals surface area contributed by atoms with Gasteiger partial charge in [0.15, 0.2) is 0 Å². The van der Waals surface area contributed by atoms with Crippen molar-refractivity contribution in [3.05, 3.63) is 0 Å². The Bertz CT molecular complexity index is 404. The standard InChI is InChI=1S/C15H24N2O4/c18-13(17-8-4-1-5-9-17)10-16-14(19)11-6-2-3-7-12(11)15(20)21/h11-12H,1-10H2,(H,16,19)(H,20,21). The Morgan fingerprint density at radius 3 is 2.19 bits per heavy atom. The molecule has 21 heavy (non-hydrogen) atoms. The van der Waals surface area contributed by atoms with E-state index < -0.39 is 17.8 Å². The van der Waals surface area contributed by atoms with E-state index in [2.05, 4.69) is 5.32 Å². The molecule has 2 aliphatic rings. The summed E-state index contributed by atoms with van der Waals surface area (Å²) in [5.41, 5.74) is 0. The van der Waals surface area contributed by atoms with Crippen molar-refractivity contribution >= 4 is 17.8 Å². The van der Waals surface area contributed by atoms with E-state index in [1.165, 1.54) is 0 Å². The fourth-order valence-corrected chi connectivity index (χ4v) is 3.29. The van der Waals surface area contributed by atoms with Crippen molar-refractivity contribution in [3.63, 3.8) is 0 Å². The highest BCUT2D eigenvalue weighted by molar-refractivity contribution is 5.88. The summed E-state index contributed by atoms with van der Waals surface area (Å²) < 4.78 is 0. The highest BCUT2D eigenvalue weighted by atomic mass is 16.4. The number of hydrogen-bond acceptors (Lipinski definition) is 3. The first kappa shape index (κ1) is 15.8. The van der Waals surface area contributed by atoms with Crippen molar-refractivity contribution in [2.24, 2.45) is 11.8 Å². The summed E-state index contributed by atoms with van der Waals surface area (Å²) in [5, 5.41) is 11.8. The normalized spacial score (nSPS) is 26.2. The highest BCUT2D eigenvalue weighted by Crippen LogP contribution is 2.30. The maximum Gasteiger partial charge on any atom is 0.307 e. The van der Waals surface area contributed by atoms with Gasteiger partial charge >= 0.3 is 5.97 Å². The van der Waals surface area contributed by atoms with E-state index in [0.717, 1.165) is 45.2 Å². The van der Waals surface area contributed by atoms with Crippen molar-refractivity contribution in [2.75, 3.05) is 19.6 Å². The molecule has 1 aliphatic heterocycles. The lowest BCUT2D eigenvalue weighted by molar-refractivity contribution is -0.149. The number of carbonyl (C=O) groups excluding carboxylic acids is 2. The molecular formula is C15H24N2O4. The van der Waals surface area contributed by atoms with Gasteiger partial charge in [-0.25, -0.2) is 0 Å². The average molecular weight is 296 g/mol. The third-order valence-electron chi connectivity index (χ3n) is 4.54. The maximum absolute atomic E-state index is 12.2. The number of nitrogens with zero attached hydrogens (tertiary/aromatic N) is 1. The Labute approximate surface area is 124 Å². The predicted octanol–water partition coefficient (Wildman–Crippen LogP) is 1.01. The van der Waals surface area contributed by atoms with Gasteiger partial charge in [-0.2, -0.15) is 0 Å². The summed E-state index contributed by atoms with van der Waals surface area (Å²) in [6.07, 6.45) is 6.06. The van der Waals surface area contributed by atoms with E-state index in [4.69, 9.17) is 0 Å². The molecule has 0 radical (unpaired) electrons. The van der Waals surface area contributed by atoms with Crippen molar-refractivity contribution in [3.8, 4) is 0 Å². The van der Waals surface area contributed by atoms with Crippen LogP contribution >= 0.6 is 0 Å². The van der Waals surface area contributed by atoms with Crippen LogP contribution in [0.15, 0.2) is 0 Å². The molecule has 1 saturated heterocycles. The molecule has 2 amide bonds. The lowest BCUT2D eigenvalue weighted by atomic mass is 9.79. The number of hydrogen-bond donors (Lipinski definition) is 2. The minimum Gasteiger partial charge on any atom is -0.481 e. The third kappa shape index (κ3) is 4.19. The number of carboxylic acid groups (broad SMARTS) is 1. The van der Waals surface area contributed by atoms with E-state index in [1.54, 1.807) is 4.90 Å². The molecule has 2 unspecified atom stereocenters. The van der Waals surface area contributed by atoms with E-state index in [9.17, 15) is 19.5 Å². The number of aliphatic carboxylic acids is 1. The van der Waals surface area contributed by atoms with Crippen LogP contribution in [0.25, 0.3) is 0 Å². The summed E-state index contributed by atoms with van der Waals surface area (Å²) in [5.74, 6) is -2.36. The molecule has 6 heteroatoms. The van der Waals surface area contributed by atoms with Crippen LogP contribution < -0.4 is 5.32 Å². The lowest BCUT2D eigenvalue weighted by Crippen LogP contribution is -2.46. The van der Waals surface area contributed by atoms with Crippen LogP contribution in [0.2, 0.25) is 0 Å². The van der Waals surface area contributed by atoms with E-state index in [-0.39, 0.29) is 18.4 Å². The van der Waals surface area contributed by atoms with E-state index in [0.29, 0.717) is 12.8 Å². The molecule has 0 aromatic carbocycles. The second kappa shape index (κ2) is 7.43. The van der Waals surface area contributed by atoms with E-state index >= 15 is 0 Å². The molecule has 1 saturated carbocycles. The SMILES string of the molecule is O=C(O)C1CCCCC1C(=O)NCC(=O)N1CCCCC1. The molecule has 0 bridgehead atoms. The molecule has 0 spiro atoms. The first-order chi connectivity index (χ1) is 10.1. The molecule has 6 nitrogen and oxygen atoms in total. The number of carboxylic acids is 1. The van der Waals surface area contributed by atoms with E-state index in [1.807, 2.05) is 0 Å². The summed E-state index contributed by atoms with van der Waals surface area (Å²) in [7, 11) is 0. The van der Waals surface area contributed by atoms with Crippen LogP contribution in [0.1, 0.15) is 44.9 Å². The van der Waals surface area contributed by atoms with Crippen molar-refractivity contribution in [1.29, 1.82) is 0 Å². The highest BCUT2D eigenvalue weighted by Gasteiger charge is 2.35. The first-order valence-electron chi connectivity index (χ1n) is 7.88. The Morgan fingerprint density at radius 1 is 0.952 bits per heavy atom. The van der Waals surface area contributed by atoms with Crippen LogP contribution in [-0.4, -0.2) is 47.4 Å². The molecular weight excluding hydrogens is 272 g/mol. The van der Waals surface area contributed by atoms with Crippen LogP contribution in [-0.2, 0) is 14.4 Å². The fraction of sp³-hybridized carbons (Fsp3) is 0.800. The Balaban J connectivity index is 1.82. The molecule has 2 N–H and O–H groups in total. The van der Waals surface area contributed by atoms with Crippen molar-refractivity contribution in [2.45, 2.75) is 44.9 Å². The molecule has 2 rings (SSSR count). The van der Waals surface area contributed by atoms with Crippen LogP contribution in [0, 0.1) is 11.8 Å².